The van der Waals surface area contributed by atoms with Gasteiger partial charge in [0.15, 0.2) is 0 Å². The molecule has 2 aliphatic heterocycles. The molecule has 1 saturated carbocycles. The van der Waals surface area contributed by atoms with Crippen LogP contribution in [0.15, 0.2) is 0 Å². The number of rotatable bonds is 5. The van der Waals surface area contributed by atoms with Crippen LogP contribution in [0.25, 0.3) is 0 Å². The molecule has 0 spiro atoms. The number of ether oxygens (including phenoxy) is 1. The van der Waals surface area contributed by atoms with E-state index in [9.17, 15) is 0 Å². The van der Waals surface area contributed by atoms with Gasteiger partial charge in [-0.15, -0.1) is 0 Å². The fourth-order valence-corrected chi connectivity index (χ4v) is 4.20. The highest BCUT2D eigenvalue weighted by molar-refractivity contribution is 4.90. The van der Waals surface area contributed by atoms with Crippen LogP contribution in [0.2, 0.25) is 0 Å². The lowest BCUT2D eigenvalue weighted by Crippen LogP contribution is -2.34. The van der Waals surface area contributed by atoms with Gasteiger partial charge in [0.05, 0.1) is 12.2 Å². The first-order valence-electron chi connectivity index (χ1n) is 8.32. The first-order chi connectivity index (χ1) is 9.20. The minimum atomic E-state index is 0.453. The van der Waals surface area contributed by atoms with Crippen LogP contribution in [0.5, 0.6) is 0 Å². The second-order valence-electron chi connectivity index (χ2n) is 7.19. The Morgan fingerprint density at radius 1 is 1.05 bits per heavy atom. The molecule has 0 amide bonds. The molecule has 1 N–H and O–H groups in total. The van der Waals surface area contributed by atoms with Gasteiger partial charge in [-0.2, -0.15) is 0 Å². The van der Waals surface area contributed by atoms with Gasteiger partial charge in [0.25, 0.3) is 0 Å². The van der Waals surface area contributed by atoms with E-state index in [0.717, 1.165) is 18.4 Å². The molecule has 2 heterocycles. The molecule has 0 bridgehead atoms. The van der Waals surface area contributed by atoms with Crippen LogP contribution >= 0.6 is 0 Å². The van der Waals surface area contributed by atoms with Crippen LogP contribution in [0.1, 0.15) is 46.0 Å². The maximum Gasteiger partial charge on any atom is 0.0707 e. The quantitative estimate of drug-likeness (QED) is 0.826. The first kappa shape index (κ1) is 13.8. The van der Waals surface area contributed by atoms with Crippen molar-refractivity contribution in [1.82, 2.24) is 10.2 Å². The predicted molar refractivity (Wildman–Crippen MR) is 78.3 cm³/mol. The number of hydrogen-bond donors (Lipinski definition) is 1. The summed E-state index contributed by atoms with van der Waals surface area (Å²) in [7, 11) is 0. The van der Waals surface area contributed by atoms with Crippen molar-refractivity contribution in [3.8, 4) is 0 Å². The maximum absolute atomic E-state index is 6.19. The Morgan fingerprint density at radius 3 is 2.42 bits per heavy atom. The van der Waals surface area contributed by atoms with Crippen LogP contribution in [0.3, 0.4) is 0 Å². The highest BCUT2D eigenvalue weighted by Crippen LogP contribution is 2.38. The van der Waals surface area contributed by atoms with Crippen molar-refractivity contribution in [3.05, 3.63) is 0 Å². The fourth-order valence-electron chi connectivity index (χ4n) is 4.20. The monoisotopic (exact) mass is 266 g/mol. The molecule has 4 atom stereocenters. The third kappa shape index (κ3) is 3.50. The van der Waals surface area contributed by atoms with Crippen molar-refractivity contribution < 1.29 is 4.74 Å². The summed E-state index contributed by atoms with van der Waals surface area (Å²) in [5, 5.41) is 3.50. The van der Waals surface area contributed by atoms with Crippen LogP contribution in [-0.4, -0.2) is 49.3 Å². The fraction of sp³-hybridized carbons (Fsp3) is 1.00. The molecule has 110 valence electrons. The summed E-state index contributed by atoms with van der Waals surface area (Å²) < 4.78 is 6.19. The molecular formula is C16H30N2O. The zero-order valence-electron chi connectivity index (χ0n) is 12.6. The summed E-state index contributed by atoms with van der Waals surface area (Å²) in [4.78, 5) is 2.68. The second-order valence-corrected chi connectivity index (χ2v) is 7.19. The summed E-state index contributed by atoms with van der Waals surface area (Å²) in [6, 6.07) is 0.570. The number of nitrogens with zero attached hydrogens (tertiary/aromatic N) is 1. The highest BCUT2D eigenvalue weighted by Gasteiger charge is 2.37. The molecule has 0 aromatic heterocycles. The van der Waals surface area contributed by atoms with Crippen LogP contribution in [0, 0.1) is 11.8 Å². The van der Waals surface area contributed by atoms with Gasteiger partial charge in [-0.1, -0.05) is 20.3 Å². The topological polar surface area (TPSA) is 24.5 Å². The van der Waals surface area contributed by atoms with E-state index in [2.05, 4.69) is 24.1 Å². The zero-order valence-corrected chi connectivity index (χ0v) is 12.6. The van der Waals surface area contributed by atoms with Gasteiger partial charge >= 0.3 is 0 Å². The molecule has 3 fully saturated rings. The summed E-state index contributed by atoms with van der Waals surface area (Å²) in [6.45, 7) is 9.31. The van der Waals surface area contributed by atoms with E-state index in [-0.39, 0.29) is 0 Å². The first-order valence-corrected chi connectivity index (χ1v) is 8.32. The van der Waals surface area contributed by atoms with Gasteiger partial charge in [-0.05, 0) is 37.5 Å². The summed E-state index contributed by atoms with van der Waals surface area (Å²) in [5.41, 5.74) is 0. The van der Waals surface area contributed by atoms with E-state index in [1.807, 2.05) is 0 Å². The van der Waals surface area contributed by atoms with Crippen molar-refractivity contribution in [1.29, 1.82) is 0 Å². The molecule has 0 aromatic rings. The van der Waals surface area contributed by atoms with Gasteiger partial charge < -0.3 is 15.0 Å². The lowest BCUT2D eigenvalue weighted by atomic mass is 10.0. The molecule has 0 radical (unpaired) electrons. The largest absolute Gasteiger partial charge is 0.372 e. The van der Waals surface area contributed by atoms with Crippen LogP contribution in [0.4, 0.5) is 0 Å². The molecular weight excluding hydrogens is 236 g/mol. The molecule has 3 heteroatoms. The van der Waals surface area contributed by atoms with Crippen molar-refractivity contribution in [2.45, 2.75) is 64.2 Å². The van der Waals surface area contributed by atoms with E-state index >= 15 is 0 Å². The lowest BCUT2D eigenvalue weighted by molar-refractivity contribution is 0.0254. The van der Waals surface area contributed by atoms with E-state index in [4.69, 9.17) is 4.74 Å². The zero-order chi connectivity index (χ0) is 13.2. The Balaban J connectivity index is 1.38. The number of fused-ring (bicyclic) bond motifs is 1. The van der Waals surface area contributed by atoms with Gasteiger partial charge in [0, 0.05) is 32.2 Å². The predicted octanol–water partition coefficient (Wildman–Crippen LogP) is 2.26. The van der Waals surface area contributed by atoms with Gasteiger partial charge in [-0.25, -0.2) is 0 Å². The SMILES string of the molecule is CC(C)NCC1CCC(CN2CC3CCCC3C2)O1. The van der Waals surface area contributed by atoms with E-state index in [0.29, 0.717) is 18.2 Å². The number of nitrogens with one attached hydrogen (secondary N) is 1. The van der Waals surface area contributed by atoms with Crippen LogP contribution in [-0.2, 0) is 4.74 Å². The highest BCUT2D eigenvalue weighted by atomic mass is 16.5. The average molecular weight is 266 g/mol. The van der Waals surface area contributed by atoms with Crippen molar-refractivity contribution in [2.75, 3.05) is 26.2 Å². The van der Waals surface area contributed by atoms with Gasteiger partial charge in [0.2, 0.25) is 0 Å². The van der Waals surface area contributed by atoms with Gasteiger partial charge in [0.1, 0.15) is 0 Å². The molecule has 2 saturated heterocycles. The third-order valence-electron chi connectivity index (χ3n) is 5.21. The molecule has 4 unspecified atom stereocenters. The van der Waals surface area contributed by atoms with Crippen molar-refractivity contribution in [3.63, 3.8) is 0 Å². The minimum absolute atomic E-state index is 0.453. The summed E-state index contributed by atoms with van der Waals surface area (Å²) >= 11 is 0. The molecule has 3 aliphatic rings. The molecule has 3 rings (SSSR count). The van der Waals surface area contributed by atoms with E-state index in [1.165, 1.54) is 51.7 Å². The minimum Gasteiger partial charge on any atom is -0.372 e. The normalized spacial score (nSPS) is 39.3. The van der Waals surface area contributed by atoms with Gasteiger partial charge in [-0.3, -0.25) is 0 Å². The Hall–Kier alpha value is -0.120. The van der Waals surface area contributed by atoms with E-state index < -0.39 is 0 Å². The van der Waals surface area contributed by atoms with Crippen LogP contribution < -0.4 is 5.32 Å². The van der Waals surface area contributed by atoms with Crippen molar-refractivity contribution in [2.24, 2.45) is 11.8 Å². The Kier molecular flexibility index (Phi) is 4.45. The third-order valence-corrected chi connectivity index (χ3v) is 5.21. The molecule has 19 heavy (non-hydrogen) atoms. The average Bonchev–Trinajstić information content (AvgIpc) is 3.02. The molecule has 3 nitrogen and oxygen atoms in total. The summed E-state index contributed by atoms with van der Waals surface area (Å²) in [5.74, 6) is 2.03. The maximum atomic E-state index is 6.19. The standard InChI is InChI=1S/C16H30N2O/c1-12(2)17-8-15-6-7-16(19-15)11-18-9-13-4-3-5-14(13)10-18/h12-17H,3-11H2,1-2H3. The molecule has 1 aliphatic carbocycles. The smallest absolute Gasteiger partial charge is 0.0707 e. The number of likely N-dealkylation sites (tertiary alicyclic amines) is 1. The Labute approximate surface area is 118 Å². The van der Waals surface area contributed by atoms with E-state index in [1.54, 1.807) is 0 Å². The van der Waals surface area contributed by atoms with Crippen molar-refractivity contribution >= 4 is 0 Å². The Bertz CT molecular complexity index is 282. The Morgan fingerprint density at radius 2 is 1.74 bits per heavy atom. The molecule has 0 aromatic carbocycles. The second kappa shape index (κ2) is 6.11. The summed E-state index contributed by atoms with van der Waals surface area (Å²) in [6.07, 6.45) is 7.89. The lowest BCUT2D eigenvalue weighted by Gasteiger charge is -2.22. The number of hydrogen-bond acceptors (Lipinski definition) is 3.